The highest BCUT2D eigenvalue weighted by molar-refractivity contribution is 7.13. The average Bonchev–Trinajstić information content (AvgIpc) is 3.09. The summed E-state index contributed by atoms with van der Waals surface area (Å²) in [7, 11) is 0. The molecule has 2 heterocycles. The summed E-state index contributed by atoms with van der Waals surface area (Å²) in [5, 5.41) is 6.56. The molecule has 102 valence electrons. The van der Waals surface area contributed by atoms with E-state index in [2.05, 4.69) is 27.4 Å². The molecule has 1 amide bonds. The predicted molar refractivity (Wildman–Crippen MR) is 82.0 cm³/mol. The summed E-state index contributed by atoms with van der Waals surface area (Å²) >= 11 is 1.44. The molecule has 3 aromatic rings. The number of anilines is 1. The van der Waals surface area contributed by atoms with Crippen LogP contribution in [0.1, 0.15) is 18.4 Å². The zero-order chi connectivity index (χ0) is 13.8. The number of aryl methyl sites for hydroxylation is 1. The average molecular weight is 285 g/mol. The van der Waals surface area contributed by atoms with Crippen LogP contribution < -0.4 is 5.32 Å². The van der Waals surface area contributed by atoms with E-state index in [9.17, 15) is 4.79 Å². The fourth-order valence-corrected chi connectivity index (χ4v) is 2.79. The van der Waals surface area contributed by atoms with E-state index in [0.29, 0.717) is 11.6 Å². The molecule has 1 aromatic carbocycles. The van der Waals surface area contributed by atoms with Gasteiger partial charge >= 0.3 is 0 Å². The number of amides is 1. The second-order valence-corrected chi connectivity index (χ2v) is 5.49. The van der Waals surface area contributed by atoms with Crippen molar-refractivity contribution in [2.24, 2.45) is 0 Å². The van der Waals surface area contributed by atoms with Crippen molar-refractivity contribution in [2.45, 2.75) is 19.3 Å². The second kappa shape index (κ2) is 5.88. The Morgan fingerprint density at radius 2 is 2.25 bits per heavy atom. The molecule has 3 rings (SSSR count). The first-order valence-electron chi connectivity index (χ1n) is 6.57. The Morgan fingerprint density at radius 1 is 1.35 bits per heavy atom. The fraction of sp³-hybridized carbons (Fsp3) is 0.200. The van der Waals surface area contributed by atoms with Crippen LogP contribution >= 0.6 is 11.3 Å². The summed E-state index contributed by atoms with van der Waals surface area (Å²) in [6, 6.07) is 8.23. The third-order valence-electron chi connectivity index (χ3n) is 3.20. The lowest BCUT2D eigenvalue weighted by Gasteiger charge is -2.01. The number of fused-ring (bicyclic) bond motifs is 1. The Labute approximate surface area is 120 Å². The molecule has 2 aromatic heterocycles. The highest BCUT2D eigenvalue weighted by Gasteiger charge is 2.06. The highest BCUT2D eigenvalue weighted by Crippen LogP contribution is 2.19. The molecule has 0 fully saturated rings. The number of nitrogens with one attached hydrogen (secondary N) is 2. The van der Waals surface area contributed by atoms with E-state index in [1.54, 1.807) is 6.20 Å². The highest BCUT2D eigenvalue weighted by atomic mass is 32.1. The molecule has 0 saturated heterocycles. The van der Waals surface area contributed by atoms with Crippen molar-refractivity contribution in [3.05, 3.63) is 47.6 Å². The lowest BCUT2D eigenvalue weighted by atomic mass is 10.1. The molecule has 5 heteroatoms. The summed E-state index contributed by atoms with van der Waals surface area (Å²) < 4.78 is 0. The van der Waals surface area contributed by atoms with Crippen LogP contribution in [0.15, 0.2) is 42.0 Å². The summed E-state index contributed by atoms with van der Waals surface area (Å²) in [5.41, 5.74) is 2.41. The van der Waals surface area contributed by atoms with Gasteiger partial charge in [0.15, 0.2) is 5.13 Å². The van der Waals surface area contributed by atoms with Crippen LogP contribution in [0.4, 0.5) is 5.13 Å². The van der Waals surface area contributed by atoms with Gasteiger partial charge in [0.1, 0.15) is 0 Å². The van der Waals surface area contributed by atoms with Crippen molar-refractivity contribution >= 4 is 33.3 Å². The van der Waals surface area contributed by atoms with Crippen molar-refractivity contribution in [1.29, 1.82) is 0 Å². The van der Waals surface area contributed by atoms with Crippen LogP contribution in [-0.2, 0) is 11.2 Å². The number of carbonyl (C=O) groups is 1. The minimum absolute atomic E-state index is 0.0276. The van der Waals surface area contributed by atoms with Gasteiger partial charge in [-0.05, 0) is 24.5 Å². The molecule has 4 nitrogen and oxygen atoms in total. The topological polar surface area (TPSA) is 57.8 Å². The zero-order valence-electron chi connectivity index (χ0n) is 10.9. The van der Waals surface area contributed by atoms with Gasteiger partial charge in [-0.3, -0.25) is 4.79 Å². The van der Waals surface area contributed by atoms with Crippen molar-refractivity contribution in [2.75, 3.05) is 5.32 Å². The Bertz CT molecular complexity index is 703. The zero-order valence-corrected chi connectivity index (χ0v) is 11.7. The molecule has 0 unspecified atom stereocenters. The molecule has 0 aliphatic carbocycles. The third kappa shape index (κ3) is 2.88. The maximum atomic E-state index is 11.8. The number of carbonyl (C=O) groups excluding carboxylic acids is 1. The van der Waals surface area contributed by atoms with Crippen LogP contribution in [0.25, 0.3) is 10.9 Å². The van der Waals surface area contributed by atoms with Gasteiger partial charge in [-0.15, -0.1) is 11.3 Å². The van der Waals surface area contributed by atoms with Crippen molar-refractivity contribution in [3.63, 3.8) is 0 Å². The number of nitrogens with zero attached hydrogens (tertiary/aromatic N) is 1. The maximum absolute atomic E-state index is 11.8. The summed E-state index contributed by atoms with van der Waals surface area (Å²) in [6.07, 6.45) is 5.96. The van der Waals surface area contributed by atoms with E-state index in [4.69, 9.17) is 0 Å². The number of aromatic amines is 1. The number of benzene rings is 1. The van der Waals surface area contributed by atoms with Gasteiger partial charge in [-0.25, -0.2) is 4.98 Å². The Kier molecular flexibility index (Phi) is 3.78. The Balaban J connectivity index is 1.53. The van der Waals surface area contributed by atoms with E-state index in [1.807, 2.05) is 23.7 Å². The van der Waals surface area contributed by atoms with E-state index in [-0.39, 0.29) is 5.91 Å². The number of aromatic nitrogens is 2. The molecule has 0 spiro atoms. The SMILES string of the molecule is O=C(CCCc1c[nH]c2ccccc12)Nc1nccs1. The standard InChI is InChI=1S/C15H15N3OS/c19-14(18-15-16-8-9-20-15)7-3-4-11-10-17-13-6-2-1-5-12(11)13/h1-2,5-6,8-10,17H,3-4,7H2,(H,16,18,19). The van der Waals surface area contributed by atoms with Gasteiger partial charge in [-0.1, -0.05) is 18.2 Å². The van der Waals surface area contributed by atoms with Gasteiger partial charge in [0, 0.05) is 35.1 Å². The first-order chi connectivity index (χ1) is 9.83. The van der Waals surface area contributed by atoms with Crippen LogP contribution in [-0.4, -0.2) is 15.9 Å². The fourth-order valence-electron chi connectivity index (χ4n) is 2.24. The van der Waals surface area contributed by atoms with Crippen LogP contribution in [0.3, 0.4) is 0 Å². The van der Waals surface area contributed by atoms with E-state index in [1.165, 1.54) is 22.3 Å². The number of H-pyrrole nitrogens is 1. The van der Waals surface area contributed by atoms with Gasteiger partial charge in [0.2, 0.25) is 5.91 Å². The summed E-state index contributed by atoms with van der Waals surface area (Å²) in [5.74, 6) is 0.0276. The number of para-hydroxylation sites is 1. The molecule has 0 bridgehead atoms. The Hall–Kier alpha value is -2.14. The number of thiazole rings is 1. The number of hydrogen-bond donors (Lipinski definition) is 2. The maximum Gasteiger partial charge on any atom is 0.226 e. The Morgan fingerprint density at radius 3 is 3.10 bits per heavy atom. The largest absolute Gasteiger partial charge is 0.361 e. The minimum Gasteiger partial charge on any atom is -0.361 e. The van der Waals surface area contributed by atoms with Gasteiger partial charge < -0.3 is 10.3 Å². The second-order valence-electron chi connectivity index (χ2n) is 4.60. The first-order valence-corrected chi connectivity index (χ1v) is 7.45. The van der Waals surface area contributed by atoms with Crippen molar-refractivity contribution in [1.82, 2.24) is 9.97 Å². The van der Waals surface area contributed by atoms with Gasteiger partial charge in [0.25, 0.3) is 0 Å². The number of hydrogen-bond acceptors (Lipinski definition) is 3. The summed E-state index contributed by atoms with van der Waals surface area (Å²) in [4.78, 5) is 19.0. The summed E-state index contributed by atoms with van der Waals surface area (Å²) in [6.45, 7) is 0. The molecule has 2 N–H and O–H groups in total. The molecule has 20 heavy (non-hydrogen) atoms. The van der Waals surface area contributed by atoms with Crippen molar-refractivity contribution < 1.29 is 4.79 Å². The smallest absolute Gasteiger partial charge is 0.226 e. The quantitative estimate of drug-likeness (QED) is 0.752. The van der Waals surface area contributed by atoms with Crippen LogP contribution in [0.5, 0.6) is 0 Å². The number of rotatable bonds is 5. The molecule has 0 aliphatic rings. The van der Waals surface area contributed by atoms with E-state index < -0.39 is 0 Å². The minimum atomic E-state index is 0.0276. The lowest BCUT2D eigenvalue weighted by Crippen LogP contribution is -2.11. The molecular formula is C15H15N3OS. The van der Waals surface area contributed by atoms with Crippen LogP contribution in [0, 0.1) is 0 Å². The van der Waals surface area contributed by atoms with Crippen LogP contribution in [0.2, 0.25) is 0 Å². The molecular weight excluding hydrogens is 270 g/mol. The lowest BCUT2D eigenvalue weighted by molar-refractivity contribution is -0.116. The molecule has 0 atom stereocenters. The van der Waals surface area contributed by atoms with Crippen molar-refractivity contribution in [3.8, 4) is 0 Å². The van der Waals surface area contributed by atoms with E-state index >= 15 is 0 Å². The normalized spacial score (nSPS) is 10.8. The molecule has 0 aliphatic heterocycles. The third-order valence-corrected chi connectivity index (χ3v) is 3.89. The van der Waals surface area contributed by atoms with Gasteiger partial charge in [0.05, 0.1) is 0 Å². The first kappa shape index (κ1) is 12.9. The predicted octanol–water partition coefficient (Wildman–Crippen LogP) is 3.59. The monoisotopic (exact) mass is 285 g/mol. The van der Waals surface area contributed by atoms with E-state index in [0.717, 1.165) is 18.4 Å². The molecule has 0 radical (unpaired) electrons. The van der Waals surface area contributed by atoms with Gasteiger partial charge in [-0.2, -0.15) is 0 Å². The molecule has 0 saturated carbocycles.